The lowest BCUT2D eigenvalue weighted by atomic mass is 10.0. The maximum atomic E-state index is 12.1. The monoisotopic (exact) mass is 508 g/mol. The zero-order chi connectivity index (χ0) is 25.5. The van der Waals surface area contributed by atoms with Crippen LogP contribution in [0, 0.1) is 0 Å². The van der Waals surface area contributed by atoms with E-state index in [1.165, 1.54) is 77.0 Å². The first kappa shape index (κ1) is 33.5. The van der Waals surface area contributed by atoms with Gasteiger partial charge in [-0.2, -0.15) is 0 Å². The molecule has 0 heterocycles. The van der Waals surface area contributed by atoms with E-state index in [-0.39, 0.29) is 25.7 Å². The number of rotatable bonds is 25. The Balaban J connectivity index is 3.63. The summed E-state index contributed by atoms with van der Waals surface area (Å²) in [4.78, 5) is 23.5. The predicted octanol–water partition coefficient (Wildman–Crippen LogP) is 5.42. The van der Waals surface area contributed by atoms with E-state index in [1.807, 2.05) is 19.0 Å². The van der Waals surface area contributed by atoms with Crippen LogP contribution >= 0.6 is 7.82 Å². The number of phosphoric acid groups is 1. The summed E-state index contributed by atoms with van der Waals surface area (Å²) in [5.74, 6) is -0.182. The number of nitrogens with one attached hydrogen (secondary N) is 1. The second kappa shape index (κ2) is 22.9. The van der Waals surface area contributed by atoms with Crippen molar-refractivity contribution in [1.82, 2.24) is 10.2 Å². The Bertz CT molecular complexity index is 522. The molecule has 0 aromatic rings. The summed E-state index contributed by atoms with van der Waals surface area (Å²) in [7, 11) is -0.558. The molecule has 0 rings (SSSR count). The summed E-state index contributed by atoms with van der Waals surface area (Å²) < 4.78 is 21.6. The number of likely N-dealkylation sites (N-methyl/N-ethyl adjacent to an activating group) is 1. The van der Waals surface area contributed by atoms with Crippen LogP contribution in [0.25, 0.3) is 0 Å². The van der Waals surface area contributed by atoms with Crippen LogP contribution in [-0.2, 0) is 18.4 Å². The van der Waals surface area contributed by atoms with E-state index >= 15 is 0 Å². The number of aliphatic hydroxyl groups is 1. The van der Waals surface area contributed by atoms with Crippen molar-refractivity contribution in [2.45, 2.75) is 116 Å². The number of hydrogen-bond acceptors (Lipinski definition) is 6. The minimum absolute atomic E-state index is 0.0517. The van der Waals surface area contributed by atoms with Crippen molar-refractivity contribution < 1.29 is 28.4 Å². The van der Waals surface area contributed by atoms with Crippen molar-refractivity contribution in [2.24, 2.45) is 0 Å². The molecule has 9 heteroatoms. The van der Waals surface area contributed by atoms with Crippen LogP contribution in [0.4, 0.5) is 0 Å². The molecule has 3 N–H and O–H groups in total. The molecule has 2 atom stereocenters. The number of unbranched alkanes of at least 4 members (excludes halogenated alkanes) is 14. The van der Waals surface area contributed by atoms with Gasteiger partial charge in [0.05, 0.1) is 25.9 Å². The molecule has 34 heavy (non-hydrogen) atoms. The van der Waals surface area contributed by atoms with Gasteiger partial charge in [-0.3, -0.25) is 13.8 Å². The number of phosphoric ester groups is 1. The molecule has 0 bridgehead atoms. The van der Waals surface area contributed by atoms with Crippen LogP contribution < -0.4 is 5.32 Å². The SMILES string of the molecule is CCCCCCCCCCCCCCCCCC(=O)N[C@@H](CO)COP(=O)(O)OCCN(C)C. The number of aliphatic hydroxyl groups excluding tert-OH is 1. The molecule has 0 fully saturated rings. The molecule has 1 unspecified atom stereocenters. The van der Waals surface area contributed by atoms with Crippen LogP contribution in [0.1, 0.15) is 110 Å². The first-order valence-electron chi connectivity index (χ1n) is 13.5. The summed E-state index contributed by atoms with van der Waals surface area (Å²) in [5, 5.41) is 12.1. The molecule has 0 saturated carbocycles. The molecule has 0 radical (unpaired) electrons. The lowest BCUT2D eigenvalue weighted by Crippen LogP contribution is -2.40. The Morgan fingerprint density at radius 3 is 1.76 bits per heavy atom. The molecule has 0 aromatic carbocycles. The Labute approximate surface area is 208 Å². The van der Waals surface area contributed by atoms with E-state index in [4.69, 9.17) is 9.05 Å². The van der Waals surface area contributed by atoms with Gasteiger partial charge in [-0.15, -0.1) is 0 Å². The van der Waals surface area contributed by atoms with Gasteiger partial charge in [0.2, 0.25) is 5.91 Å². The normalized spacial score (nSPS) is 14.3. The van der Waals surface area contributed by atoms with Crippen LogP contribution in [0.2, 0.25) is 0 Å². The first-order valence-corrected chi connectivity index (χ1v) is 15.0. The number of hydrogen-bond donors (Lipinski definition) is 3. The van der Waals surface area contributed by atoms with Gasteiger partial charge in [-0.25, -0.2) is 4.57 Å². The van der Waals surface area contributed by atoms with Gasteiger partial charge in [0, 0.05) is 13.0 Å². The zero-order valence-corrected chi connectivity index (χ0v) is 23.0. The van der Waals surface area contributed by atoms with Gasteiger partial charge in [-0.05, 0) is 20.5 Å². The molecule has 8 nitrogen and oxygen atoms in total. The summed E-state index contributed by atoms with van der Waals surface area (Å²) in [5.41, 5.74) is 0. The fraction of sp³-hybridized carbons (Fsp3) is 0.960. The second-order valence-electron chi connectivity index (χ2n) is 9.55. The quantitative estimate of drug-likeness (QED) is 0.112. The lowest BCUT2D eigenvalue weighted by molar-refractivity contribution is -0.122. The van der Waals surface area contributed by atoms with Crippen molar-refractivity contribution in [3.63, 3.8) is 0 Å². The molecule has 0 aromatic heterocycles. The maximum Gasteiger partial charge on any atom is 0.472 e. The second-order valence-corrected chi connectivity index (χ2v) is 11.0. The standard InChI is InChI=1S/C25H53N2O6P/c1-4-5-6-7-8-9-10-11-12-13-14-15-16-17-18-19-25(29)26-24(22-28)23-33-34(30,31)32-21-20-27(2)3/h24,28H,4-23H2,1-3H3,(H,26,29)(H,30,31)/t24-/m0/s1. The maximum absolute atomic E-state index is 12.1. The Morgan fingerprint density at radius 1 is 0.853 bits per heavy atom. The third-order valence-corrected chi connectivity index (χ3v) is 6.81. The summed E-state index contributed by atoms with van der Waals surface area (Å²) >= 11 is 0. The van der Waals surface area contributed by atoms with Gasteiger partial charge < -0.3 is 20.2 Å². The van der Waals surface area contributed by atoms with E-state index in [2.05, 4.69) is 12.2 Å². The molecule has 0 saturated heterocycles. The highest BCUT2D eigenvalue weighted by Gasteiger charge is 2.23. The number of carbonyl (C=O) groups excluding carboxylic acids is 1. The first-order chi connectivity index (χ1) is 16.3. The average molecular weight is 509 g/mol. The predicted molar refractivity (Wildman–Crippen MR) is 139 cm³/mol. The van der Waals surface area contributed by atoms with E-state index < -0.39 is 13.9 Å². The molecule has 1 amide bonds. The smallest absolute Gasteiger partial charge is 0.394 e. The van der Waals surface area contributed by atoms with E-state index in [0.29, 0.717) is 13.0 Å². The minimum Gasteiger partial charge on any atom is -0.394 e. The van der Waals surface area contributed by atoms with Crippen LogP contribution in [0.3, 0.4) is 0 Å². The summed E-state index contributed by atoms with van der Waals surface area (Å²) in [6, 6.07) is -0.734. The Kier molecular flexibility index (Phi) is 22.6. The van der Waals surface area contributed by atoms with E-state index in [1.54, 1.807) is 0 Å². The number of amides is 1. The molecule has 0 aliphatic carbocycles. The van der Waals surface area contributed by atoms with Crippen LogP contribution in [0.5, 0.6) is 0 Å². The van der Waals surface area contributed by atoms with Crippen molar-refractivity contribution in [3.8, 4) is 0 Å². The highest BCUT2D eigenvalue weighted by molar-refractivity contribution is 7.47. The van der Waals surface area contributed by atoms with Gasteiger partial charge >= 0.3 is 7.82 Å². The molecule has 204 valence electrons. The van der Waals surface area contributed by atoms with Gasteiger partial charge in [0.25, 0.3) is 0 Å². The Morgan fingerprint density at radius 2 is 1.32 bits per heavy atom. The summed E-state index contributed by atoms with van der Waals surface area (Å²) in [6.45, 7) is 2.14. The largest absolute Gasteiger partial charge is 0.472 e. The van der Waals surface area contributed by atoms with Crippen LogP contribution in [-0.4, -0.2) is 67.3 Å². The Hall–Kier alpha value is -0.500. The van der Waals surface area contributed by atoms with Crippen molar-refractivity contribution >= 4 is 13.7 Å². The summed E-state index contributed by atoms with van der Waals surface area (Å²) in [6.07, 6.45) is 19.5. The molecule has 0 aliphatic heterocycles. The van der Waals surface area contributed by atoms with E-state index in [9.17, 15) is 19.4 Å². The highest BCUT2D eigenvalue weighted by atomic mass is 31.2. The highest BCUT2D eigenvalue weighted by Crippen LogP contribution is 2.42. The van der Waals surface area contributed by atoms with E-state index in [0.717, 1.165) is 19.3 Å². The van der Waals surface area contributed by atoms with Crippen molar-refractivity contribution in [1.29, 1.82) is 0 Å². The fourth-order valence-corrected chi connectivity index (χ4v) is 4.41. The third kappa shape index (κ3) is 23.3. The number of nitrogens with zero attached hydrogens (tertiary/aromatic N) is 1. The van der Waals surface area contributed by atoms with Gasteiger partial charge in [0.15, 0.2) is 0 Å². The molecule has 0 spiro atoms. The third-order valence-electron chi connectivity index (χ3n) is 5.82. The lowest BCUT2D eigenvalue weighted by Gasteiger charge is -2.19. The molecular formula is C25H53N2O6P. The van der Waals surface area contributed by atoms with Crippen LogP contribution in [0.15, 0.2) is 0 Å². The van der Waals surface area contributed by atoms with Crippen molar-refractivity contribution in [2.75, 3.05) is 40.5 Å². The van der Waals surface area contributed by atoms with Crippen molar-refractivity contribution in [3.05, 3.63) is 0 Å². The van der Waals surface area contributed by atoms with Gasteiger partial charge in [-0.1, -0.05) is 96.8 Å². The fourth-order valence-electron chi connectivity index (χ4n) is 3.66. The minimum atomic E-state index is -4.20. The molecular weight excluding hydrogens is 455 g/mol. The zero-order valence-electron chi connectivity index (χ0n) is 22.1. The molecule has 0 aliphatic rings. The average Bonchev–Trinajstić information content (AvgIpc) is 2.78. The number of carbonyl (C=O) groups is 1. The topological polar surface area (TPSA) is 108 Å². The van der Waals surface area contributed by atoms with Gasteiger partial charge in [0.1, 0.15) is 0 Å².